The van der Waals surface area contributed by atoms with E-state index in [1.54, 1.807) is 27.7 Å². The van der Waals surface area contributed by atoms with E-state index < -0.39 is 19.0 Å². The largest absolute Gasteiger partial charge is 0.391 e. The minimum Gasteiger partial charge on any atom is -0.391 e. The molecular formula is C11H26NO5P. The van der Waals surface area contributed by atoms with Crippen LogP contribution in [0.2, 0.25) is 0 Å². The molecule has 110 valence electrons. The quantitative estimate of drug-likeness (QED) is 0.465. The summed E-state index contributed by atoms with van der Waals surface area (Å²) in [6.07, 6.45) is -0.976. The number of hydrogen-bond donors (Lipinski definition) is 2. The summed E-state index contributed by atoms with van der Waals surface area (Å²) in [5.74, 6) is 0. The first kappa shape index (κ1) is 18.0. The lowest BCUT2D eigenvalue weighted by atomic mass is 10.4. The highest BCUT2D eigenvalue weighted by Gasteiger charge is 2.48. The van der Waals surface area contributed by atoms with E-state index in [0.29, 0.717) is 13.2 Å². The van der Waals surface area contributed by atoms with Crippen LogP contribution in [0.3, 0.4) is 0 Å². The van der Waals surface area contributed by atoms with E-state index >= 15 is 0 Å². The molecule has 6 nitrogen and oxygen atoms in total. The summed E-state index contributed by atoms with van der Waals surface area (Å²) in [4.78, 5) is 0. The maximum absolute atomic E-state index is 12.9. The van der Waals surface area contributed by atoms with Crippen LogP contribution >= 0.6 is 7.37 Å². The molecule has 0 rings (SSSR count). The van der Waals surface area contributed by atoms with Gasteiger partial charge in [0.05, 0.1) is 18.9 Å². The summed E-state index contributed by atoms with van der Waals surface area (Å²) in [6.45, 7) is 7.84. The Morgan fingerprint density at radius 2 is 1.72 bits per heavy atom. The molecule has 3 N–H and O–H groups in total. The fraction of sp³-hybridized carbons (Fsp3) is 1.00. The predicted octanol–water partition coefficient (Wildman–Crippen LogP) is 1.37. The Morgan fingerprint density at radius 3 is 2.06 bits per heavy atom. The van der Waals surface area contributed by atoms with Crippen molar-refractivity contribution in [2.75, 3.05) is 32.5 Å². The van der Waals surface area contributed by atoms with Crippen LogP contribution in [-0.2, 0) is 18.6 Å². The zero-order chi connectivity index (χ0) is 14.2. The lowest BCUT2D eigenvalue weighted by Crippen LogP contribution is -2.38. The highest BCUT2D eigenvalue weighted by Crippen LogP contribution is 2.60. The van der Waals surface area contributed by atoms with Gasteiger partial charge in [-0.1, -0.05) is 0 Å². The number of aliphatic hydroxyl groups is 1. The van der Waals surface area contributed by atoms with Crippen molar-refractivity contribution in [2.24, 2.45) is 5.73 Å². The molecule has 0 aliphatic heterocycles. The van der Waals surface area contributed by atoms with Gasteiger partial charge in [0.1, 0.15) is 0 Å². The SMILES string of the molecule is CCOC(C)(OCC)[P@](=O)(CC(O)CN)OCC. The Morgan fingerprint density at radius 1 is 1.22 bits per heavy atom. The van der Waals surface area contributed by atoms with E-state index in [-0.39, 0.29) is 19.3 Å². The third kappa shape index (κ3) is 4.61. The van der Waals surface area contributed by atoms with Gasteiger partial charge in [-0.2, -0.15) is 0 Å². The fourth-order valence-electron chi connectivity index (χ4n) is 1.67. The summed E-state index contributed by atoms with van der Waals surface area (Å²) < 4.78 is 29.2. The zero-order valence-electron chi connectivity index (χ0n) is 11.7. The monoisotopic (exact) mass is 283 g/mol. The van der Waals surface area contributed by atoms with Gasteiger partial charge in [0, 0.05) is 19.8 Å². The minimum absolute atomic E-state index is 0.0192. The third-order valence-corrected chi connectivity index (χ3v) is 5.58. The van der Waals surface area contributed by atoms with Crippen LogP contribution < -0.4 is 5.73 Å². The van der Waals surface area contributed by atoms with E-state index in [2.05, 4.69) is 0 Å². The average Bonchev–Trinajstić information content (AvgIpc) is 2.29. The van der Waals surface area contributed by atoms with Crippen LogP contribution in [0.5, 0.6) is 0 Å². The van der Waals surface area contributed by atoms with Gasteiger partial charge in [0.15, 0.2) is 0 Å². The number of nitrogens with two attached hydrogens (primary N) is 1. The second kappa shape index (κ2) is 8.25. The summed E-state index contributed by atoms with van der Waals surface area (Å²) in [5.41, 5.74) is 4.01. The smallest absolute Gasteiger partial charge is 0.263 e. The molecule has 0 aromatic rings. The number of rotatable bonds is 10. The van der Waals surface area contributed by atoms with E-state index in [1.807, 2.05) is 0 Å². The molecule has 0 spiro atoms. The second-order valence-electron chi connectivity index (χ2n) is 3.93. The molecule has 0 aromatic carbocycles. The first-order valence-corrected chi connectivity index (χ1v) is 8.09. The summed E-state index contributed by atoms with van der Waals surface area (Å²) in [6, 6.07) is 0. The molecule has 0 aromatic heterocycles. The maximum atomic E-state index is 12.9. The molecule has 0 saturated heterocycles. The van der Waals surface area contributed by atoms with Crippen LogP contribution in [0, 0.1) is 0 Å². The molecule has 0 heterocycles. The van der Waals surface area contributed by atoms with Gasteiger partial charge < -0.3 is 24.8 Å². The number of ether oxygens (including phenoxy) is 2. The maximum Gasteiger partial charge on any atom is 0.263 e. The topological polar surface area (TPSA) is 91.0 Å². The lowest BCUT2D eigenvalue weighted by molar-refractivity contribution is -0.168. The molecule has 18 heavy (non-hydrogen) atoms. The molecule has 7 heteroatoms. The molecule has 0 aliphatic carbocycles. The Bertz CT molecular complexity index is 268. The summed E-state index contributed by atoms with van der Waals surface area (Å²) >= 11 is 0. The Kier molecular flexibility index (Phi) is 8.26. The molecule has 1 unspecified atom stereocenters. The van der Waals surface area contributed by atoms with Crippen LogP contribution in [-0.4, -0.2) is 49.3 Å². The summed E-state index contributed by atoms with van der Waals surface area (Å²) in [5, 5.41) is 9.63. The van der Waals surface area contributed by atoms with Crippen molar-refractivity contribution in [3.63, 3.8) is 0 Å². The van der Waals surface area contributed by atoms with E-state index in [4.69, 9.17) is 19.7 Å². The highest BCUT2D eigenvalue weighted by molar-refractivity contribution is 7.60. The van der Waals surface area contributed by atoms with Crippen molar-refractivity contribution >= 4 is 7.37 Å². The van der Waals surface area contributed by atoms with Crippen LogP contribution in [0.1, 0.15) is 27.7 Å². The Hall–Kier alpha value is 0.0300. The fourth-order valence-corrected chi connectivity index (χ4v) is 4.11. The van der Waals surface area contributed by atoms with Gasteiger partial charge in [-0.15, -0.1) is 0 Å². The predicted molar refractivity (Wildman–Crippen MR) is 70.8 cm³/mol. The second-order valence-corrected chi connectivity index (χ2v) is 6.71. The minimum atomic E-state index is -3.32. The number of hydrogen-bond acceptors (Lipinski definition) is 6. The van der Waals surface area contributed by atoms with Crippen LogP contribution in [0.4, 0.5) is 0 Å². The molecule has 0 aliphatic rings. The van der Waals surface area contributed by atoms with Gasteiger partial charge in [-0.25, -0.2) is 0 Å². The molecule has 0 radical (unpaired) electrons. The van der Waals surface area contributed by atoms with Crippen LogP contribution in [0.25, 0.3) is 0 Å². The van der Waals surface area contributed by atoms with E-state index in [1.165, 1.54) is 0 Å². The average molecular weight is 283 g/mol. The first-order chi connectivity index (χ1) is 8.39. The van der Waals surface area contributed by atoms with Gasteiger partial charge in [0.2, 0.25) is 5.53 Å². The molecule has 0 amide bonds. The van der Waals surface area contributed by atoms with Gasteiger partial charge >= 0.3 is 0 Å². The number of aliphatic hydroxyl groups excluding tert-OH is 1. The normalized spacial score (nSPS) is 17.4. The van der Waals surface area contributed by atoms with Crippen molar-refractivity contribution in [2.45, 2.75) is 39.3 Å². The van der Waals surface area contributed by atoms with Gasteiger partial charge in [-0.3, -0.25) is 4.57 Å². The van der Waals surface area contributed by atoms with Crippen LogP contribution in [0.15, 0.2) is 0 Å². The van der Waals surface area contributed by atoms with Crippen molar-refractivity contribution in [1.29, 1.82) is 0 Å². The van der Waals surface area contributed by atoms with Crippen molar-refractivity contribution in [3.8, 4) is 0 Å². The Balaban J connectivity index is 5.16. The van der Waals surface area contributed by atoms with Crippen molar-refractivity contribution < 1.29 is 23.7 Å². The van der Waals surface area contributed by atoms with Gasteiger partial charge in [-0.05, 0) is 27.7 Å². The molecule has 2 atom stereocenters. The highest BCUT2D eigenvalue weighted by atomic mass is 31.2. The zero-order valence-corrected chi connectivity index (χ0v) is 12.6. The summed E-state index contributed by atoms with van der Waals surface area (Å²) in [7, 11) is -3.32. The van der Waals surface area contributed by atoms with Crippen molar-refractivity contribution in [3.05, 3.63) is 0 Å². The molecule has 0 bridgehead atoms. The standard InChI is InChI=1S/C11H26NO5P/c1-5-15-11(4,16-6-2)18(14,17-7-3)9-10(13)8-12/h10,13H,5-9,12H2,1-4H3/t10?,18-/m0/s1. The first-order valence-electron chi connectivity index (χ1n) is 6.28. The van der Waals surface area contributed by atoms with Gasteiger partial charge in [0.25, 0.3) is 7.37 Å². The van der Waals surface area contributed by atoms with Crippen molar-refractivity contribution in [1.82, 2.24) is 0 Å². The lowest BCUT2D eigenvalue weighted by Gasteiger charge is -2.36. The molecule has 0 fully saturated rings. The van der Waals surface area contributed by atoms with E-state index in [9.17, 15) is 9.67 Å². The molecule has 0 saturated carbocycles. The van der Waals surface area contributed by atoms with E-state index in [0.717, 1.165) is 0 Å². The Labute approximate surface area is 109 Å². The third-order valence-electron chi connectivity index (χ3n) is 2.50. The molecular weight excluding hydrogens is 257 g/mol.